The summed E-state index contributed by atoms with van der Waals surface area (Å²) in [6.45, 7) is 13.0. The van der Waals surface area contributed by atoms with Gasteiger partial charge in [-0.3, -0.25) is 9.69 Å². The lowest BCUT2D eigenvalue weighted by Crippen LogP contribution is -2.57. The lowest BCUT2D eigenvalue weighted by atomic mass is 9.57. The van der Waals surface area contributed by atoms with Gasteiger partial charge in [-0.05, 0) is 54.2 Å². The number of piperazine rings is 1. The lowest BCUT2D eigenvalue weighted by Gasteiger charge is -2.53. The first-order valence-corrected chi connectivity index (χ1v) is 14.7. The molecule has 2 fully saturated rings. The van der Waals surface area contributed by atoms with Crippen molar-refractivity contribution in [2.24, 2.45) is 23.7 Å². The first kappa shape index (κ1) is 28.1. The van der Waals surface area contributed by atoms with Gasteiger partial charge in [0.1, 0.15) is 6.10 Å². The minimum Gasteiger partial charge on any atom is -0.457 e. The Labute approximate surface area is 234 Å². The van der Waals surface area contributed by atoms with Gasteiger partial charge in [-0.2, -0.15) is 0 Å². The Hall–Kier alpha value is -2.47. The smallest absolute Gasteiger partial charge is 0.303 e. The molecular formula is C34H44N2O3. The van der Waals surface area contributed by atoms with Gasteiger partial charge in [0.15, 0.2) is 0 Å². The van der Waals surface area contributed by atoms with Crippen molar-refractivity contribution in [2.45, 2.75) is 58.3 Å². The highest BCUT2D eigenvalue weighted by Gasteiger charge is 2.53. The Balaban J connectivity index is 1.25. The predicted octanol–water partition coefficient (Wildman–Crippen LogP) is 5.40. The van der Waals surface area contributed by atoms with Crippen molar-refractivity contribution in [3.8, 4) is 0 Å². The second kappa shape index (κ2) is 12.0. The van der Waals surface area contributed by atoms with Crippen molar-refractivity contribution < 1.29 is 14.6 Å². The van der Waals surface area contributed by atoms with Crippen LogP contribution in [-0.4, -0.2) is 65.3 Å². The molecule has 1 heterocycles. The molecule has 6 atom stereocenters. The van der Waals surface area contributed by atoms with Crippen LogP contribution in [-0.2, 0) is 9.53 Å². The van der Waals surface area contributed by atoms with Gasteiger partial charge in [-0.1, -0.05) is 80.6 Å². The van der Waals surface area contributed by atoms with E-state index in [1.54, 1.807) is 0 Å². The number of carbonyl (C=O) groups excluding carboxylic acids is 1. The van der Waals surface area contributed by atoms with Crippen molar-refractivity contribution in [1.82, 2.24) is 9.80 Å². The lowest BCUT2D eigenvalue weighted by molar-refractivity contribution is -0.148. The molecule has 39 heavy (non-hydrogen) atoms. The van der Waals surface area contributed by atoms with Crippen LogP contribution in [0.15, 0.2) is 72.3 Å². The fourth-order valence-corrected chi connectivity index (χ4v) is 7.24. The molecule has 1 aliphatic heterocycles. The van der Waals surface area contributed by atoms with Gasteiger partial charge in [-0.15, -0.1) is 0 Å². The van der Waals surface area contributed by atoms with Crippen LogP contribution in [0.2, 0.25) is 0 Å². The molecule has 2 radical (unpaired) electrons. The zero-order valence-corrected chi connectivity index (χ0v) is 23.9. The zero-order valence-electron chi connectivity index (χ0n) is 23.9. The summed E-state index contributed by atoms with van der Waals surface area (Å²) < 4.78 is 5.49. The maximum absolute atomic E-state index is 11.8. The molecule has 5 nitrogen and oxygen atoms in total. The summed E-state index contributed by atoms with van der Waals surface area (Å²) in [5.41, 5.74) is 2.61. The van der Waals surface area contributed by atoms with Crippen LogP contribution in [0.3, 0.4) is 0 Å². The predicted molar refractivity (Wildman–Crippen MR) is 155 cm³/mol. The van der Waals surface area contributed by atoms with E-state index >= 15 is 0 Å². The average molecular weight is 529 g/mol. The Bertz CT molecular complexity index is 1090. The number of hydrogen-bond donors (Lipinski definition) is 1. The summed E-state index contributed by atoms with van der Waals surface area (Å²) in [7, 11) is 0. The standard InChI is InChI=1S/C34H44N2O3/c1-24-21-31-30(16-15-26(3)34(31,38)22-32(24)39-27(4)37)25(2)23-35-17-19-36(20-18-35)33(28-11-7-5-8-12-28)29-13-9-6-10-14-29/h5-14,21,25-26,30-33,38H,15-20,23H2,1-4H3/t25-,26-,30+,31-,32-,34-/m1/s1. The van der Waals surface area contributed by atoms with Crippen LogP contribution in [0.25, 0.3) is 0 Å². The highest BCUT2D eigenvalue weighted by molar-refractivity contribution is 5.66. The van der Waals surface area contributed by atoms with Crippen LogP contribution in [0.4, 0.5) is 0 Å². The van der Waals surface area contributed by atoms with Crippen LogP contribution < -0.4 is 0 Å². The van der Waals surface area contributed by atoms with E-state index in [0.29, 0.717) is 11.8 Å². The topological polar surface area (TPSA) is 53.0 Å². The molecule has 0 amide bonds. The highest BCUT2D eigenvalue weighted by atomic mass is 16.5. The van der Waals surface area contributed by atoms with Crippen molar-refractivity contribution in [3.63, 3.8) is 0 Å². The Kier molecular flexibility index (Phi) is 8.60. The summed E-state index contributed by atoms with van der Waals surface area (Å²) in [5.74, 6) is 0.563. The number of carbonyl (C=O) groups is 1. The highest BCUT2D eigenvalue weighted by Crippen LogP contribution is 2.51. The molecule has 5 heteroatoms. The van der Waals surface area contributed by atoms with Gasteiger partial charge in [0.25, 0.3) is 0 Å². The van der Waals surface area contributed by atoms with Crippen molar-refractivity contribution in [1.29, 1.82) is 0 Å². The first-order valence-electron chi connectivity index (χ1n) is 14.7. The number of aliphatic hydroxyl groups is 1. The summed E-state index contributed by atoms with van der Waals surface area (Å²) in [5, 5.41) is 11.8. The molecule has 2 aromatic carbocycles. The molecule has 2 aromatic rings. The molecule has 2 aliphatic carbocycles. The third kappa shape index (κ3) is 6.01. The Morgan fingerprint density at radius 1 is 1.03 bits per heavy atom. The molecule has 0 aromatic heterocycles. The molecule has 1 N–H and O–H groups in total. The molecule has 208 valence electrons. The van der Waals surface area contributed by atoms with E-state index in [9.17, 15) is 9.90 Å². The molecule has 0 bridgehead atoms. The van der Waals surface area contributed by atoms with E-state index in [-0.39, 0.29) is 23.8 Å². The molecule has 0 unspecified atom stereocenters. The number of ether oxygens (including phenoxy) is 1. The zero-order chi connectivity index (χ0) is 27.6. The quantitative estimate of drug-likeness (QED) is 0.386. The molecule has 5 rings (SSSR count). The minimum atomic E-state index is -1.06. The number of hydrogen-bond acceptors (Lipinski definition) is 5. The third-order valence-electron chi connectivity index (χ3n) is 9.44. The summed E-state index contributed by atoms with van der Waals surface area (Å²) >= 11 is 0. The number of nitrogens with zero attached hydrogens (tertiary/aromatic N) is 2. The number of fused-ring (bicyclic) bond motifs is 1. The van der Waals surface area contributed by atoms with Gasteiger partial charge in [-0.25, -0.2) is 0 Å². The van der Waals surface area contributed by atoms with Gasteiger partial charge < -0.3 is 14.7 Å². The van der Waals surface area contributed by atoms with Crippen molar-refractivity contribution in [3.05, 3.63) is 89.9 Å². The second-order valence-corrected chi connectivity index (χ2v) is 12.1. The largest absolute Gasteiger partial charge is 0.457 e. The summed E-state index contributed by atoms with van der Waals surface area (Å²) in [6.07, 6.45) is 7.01. The maximum atomic E-state index is 11.8. The van der Waals surface area contributed by atoms with Gasteiger partial charge >= 0.3 is 5.97 Å². The van der Waals surface area contributed by atoms with Crippen LogP contribution in [0, 0.1) is 30.1 Å². The normalized spacial score (nSPS) is 30.9. The fraction of sp³-hybridized carbons (Fsp3) is 0.529. The molecular weight excluding hydrogens is 484 g/mol. The summed E-state index contributed by atoms with van der Waals surface area (Å²) in [4.78, 5) is 16.9. The first-order chi connectivity index (χ1) is 18.8. The molecule has 1 saturated heterocycles. The van der Waals surface area contributed by atoms with Gasteiger partial charge in [0.2, 0.25) is 0 Å². The van der Waals surface area contributed by atoms with Crippen LogP contribution in [0.1, 0.15) is 57.7 Å². The maximum Gasteiger partial charge on any atom is 0.303 e. The van der Waals surface area contributed by atoms with E-state index in [1.165, 1.54) is 18.1 Å². The monoisotopic (exact) mass is 528 g/mol. The second-order valence-electron chi connectivity index (χ2n) is 12.1. The van der Waals surface area contributed by atoms with Gasteiger partial charge in [0, 0.05) is 45.6 Å². The summed E-state index contributed by atoms with van der Waals surface area (Å²) in [6, 6.07) is 22.0. The number of benzene rings is 2. The van der Waals surface area contributed by atoms with Crippen LogP contribution >= 0.6 is 0 Å². The number of esters is 1. The van der Waals surface area contributed by atoms with Crippen molar-refractivity contribution >= 4 is 5.97 Å². The molecule has 0 spiro atoms. The van der Waals surface area contributed by atoms with E-state index in [0.717, 1.165) is 51.1 Å². The van der Waals surface area contributed by atoms with E-state index < -0.39 is 11.7 Å². The third-order valence-corrected chi connectivity index (χ3v) is 9.44. The van der Waals surface area contributed by atoms with Crippen molar-refractivity contribution in [2.75, 3.05) is 32.7 Å². The van der Waals surface area contributed by atoms with Crippen LogP contribution in [0.5, 0.6) is 0 Å². The fourth-order valence-electron chi connectivity index (χ4n) is 7.24. The number of rotatable bonds is 7. The molecule has 3 aliphatic rings. The Morgan fingerprint density at radius 2 is 1.62 bits per heavy atom. The van der Waals surface area contributed by atoms with E-state index in [4.69, 9.17) is 4.74 Å². The molecule has 1 saturated carbocycles. The Morgan fingerprint density at radius 3 is 2.18 bits per heavy atom. The SMILES string of the molecule is CC(=O)O[C@@H]1[C][C@@]2(O)[C@H](C)CC[C@@H]([C@H](C)CN3CCN(C(c4ccccc4)c4ccccc4)CC3)[C@H]2C=C1C. The van der Waals surface area contributed by atoms with E-state index in [1.807, 2.05) is 6.92 Å². The minimum absolute atomic E-state index is 0.00453. The van der Waals surface area contributed by atoms with Gasteiger partial charge in [0.05, 0.1) is 18.1 Å². The van der Waals surface area contributed by atoms with E-state index in [2.05, 4.69) is 96.8 Å². The average Bonchev–Trinajstić information content (AvgIpc) is 2.93.